The van der Waals surface area contributed by atoms with Crippen LogP contribution in [0, 0.1) is 5.92 Å². The molecule has 1 heterocycles. The van der Waals surface area contributed by atoms with Crippen molar-refractivity contribution in [2.75, 3.05) is 16.8 Å². The van der Waals surface area contributed by atoms with Crippen LogP contribution in [0.1, 0.15) is 31.7 Å². The van der Waals surface area contributed by atoms with Gasteiger partial charge in [-0.05, 0) is 54.8 Å². The molecule has 0 unspecified atom stereocenters. The Morgan fingerprint density at radius 3 is 2.50 bits per heavy atom. The molecule has 0 saturated carbocycles. The highest BCUT2D eigenvalue weighted by Crippen LogP contribution is 2.27. The first-order valence-corrected chi connectivity index (χ1v) is 9.40. The number of carbonyl (C=O) groups is 2. The van der Waals surface area contributed by atoms with Gasteiger partial charge in [0, 0.05) is 29.4 Å². The van der Waals surface area contributed by atoms with E-state index >= 15 is 0 Å². The van der Waals surface area contributed by atoms with Gasteiger partial charge in [-0.15, -0.1) is 0 Å². The van der Waals surface area contributed by atoms with Crippen LogP contribution in [0.3, 0.4) is 0 Å². The topological polar surface area (TPSA) is 49.4 Å². The zero-order valence-corrected chi connectivity index (χ0v) is 15.6. The molecule has 2 aromatic carbocycles. The van der Waals surface area contributed by atoms with Crippen LogP contribution >= 0.6 is 11.6 Å². The fourth-order valence-corrected chi connectivity index (χ4v) is 3.26. The number of anilines is 2. The minimum Gasteiger partial charge on any atom is -0.326 e. The van der Waals surface area contributed by atoms with Crippen LogP contribution in [0.2, 0.25) is 5.02 Å². The summed E-state index contributed by atoms with van der Waals surface area (Å²) in [5.41, 5.74) is 2.82. The van der Waals surface area contributed by atoms with Crippen LogP contribution in [-0.4, -0.2) is 18.4 Å². The molecular weight excluding hydrogens is 348 g/mol. The number of benzene rings is 2. The summed E-state index contributed by atoms with van der Waals surface area (Å²) in [5, 5.41) is 3.55. The number of aryl methyl sites for hydroxylation is 1. The molecule has 1 saturated heterocycles. The first-order chi connectivity index (χ1) is 12.6. The molecule has 0 bridgehead atoms. The number of amides is 2. The highest BCUT2D eigenvalue weighted by atomic mass is 35.5. The Kier molecular flexibility index (Phi) is 5.94. The van der Waals surface area contributed by atoms with Gasteiger partial charge in [-0.25, -0.2) is 0 Å². The lowest BCUT2D eigenvalue weighted by atomic mass is 10.1. The van der Waals surface area contributed by atoms with E-state index in [2.05, 4.69) is 12.2 Å². The summed E-state index contributed by atoms with van der Waals surface area (Å²) in [6.45, 7) is 2.56. The average molecular weight is 371 g/mol. The monoisotopic (exact) mass is 370 g/mol. The molecule has 0 aromatic heterocycles. The Morgan fingerprint density at radius 1 is 1.15 bits per heavy atom. The minimum atomic E-state index is -0.349. The molecule has 1 fully saturated rings. The second kappa shape index (κ2) is 8.37. The zero-order chi connectivity index (χ0) is 18.5. The fraction of sp³-hybridized carbons (Fsp3) is 0.333. The molecule has 0 radical (unpaired) electrons. The summed E-state index contributed by atoms with van der Waals surface area (Å²) in [5.74, 6) is -0.503. The maximum Gasteiger partial charge on any atom is 0.229 e. The Hall–Kier alpha value is -2.33. The van der Waals surface area contributed by atoms with Crippen LogP contribution in [0.15, 0.2) is 48.5 Å². The first-order valence-electron chi connectivity index (χ1n) is 9.02. The first kappa shape index (κ1) is 18.5. The van der Waals surface area contributed by atoms with Gasteiger partial charge in [0.15, 0.2) is 0 Å². The van der Waals surface area contributed by atoms with Gasteiger partial charge in [-0.2, -0.15) is 0 Å². The molecule has 4 nitrogen and oxygen atoms in total. The number of hydrogen-bond donors (Lipinski definition) is 1. The molecule has 2 aromatic rings. The van der Waals surface area contributed by atoms with E-state index < -0.39 is 0 Å². The summed E-state index contributed by atoms with van der Waals surface area (Å²) in [6, 6.07) is 15.0. The van der Waals surface area contributed by atoms with Crippen LogP contribution in [0.25, 0.3) is 0 Å². The summed E-state index contributed by atoms with van der Waals surface area (Å²) < 4.78 is 0. The second-order valence-electron chi connectivity index (χ2n) is 6.67. The molecule has 0 spiro atoms. The molecule has 1 aliphatic rings. The summed E-state index contributed by atoms with van der Waals surface area (Å²) in [7, 11) is 0. The molecule has 1 aliphatic heterocycles. The number of nitrogens with zero attached hydrogens (tertiary/aromatic N) is 1. The maximum absolute atomic E-state index is 12.5. The Labute approximate surface area is 159 Å². The largest absolute Gasteiger partial charge is 0.326 e. The van der Waals surface area contributed by atoms with Crippen molar-refractivity contribution in [3.8, 4) is 0 Å². The molecule has 5 heteroatoms. The Bertz CT molecular complexity index is 772. The quantitative estimate of drug-likeness (QED) is 0.802. The number of halogens is 1. The van der Waals surface area contributed by atoms with Gasteiger partial charge in [-0.1, -0.05) is 37.1 Å². The van der Waals surface area contributed by atoms with Crippen LogP contribution < -0.4 is 10.2 Å². The number of rotatable bonds is 6. The van der Waals surface area contributed by atoms with Crippen molar-refractivity contribution >= 4 is 34.8 Å². The fourth-order valence-electron chi connectivity index (χ4n) is 3.13. The lowest BCUT2D eigenvalue weighted by Crippen LogP contribution is -2.28. The predicted octanol–water partition coefficient (Wildman–Crippen LogP) is 4.67. The van der Waals surface area contributed by atoms with Crippen molar-refractivity contribution in [1.82, 2.24) is 0 Å². The van der Waals surface area contributed by atoms with Gasteiger partial charge >= 0.3 is 0 Å². The lowest BCUT2D eigenvalue weighted by molar-refractivity contribution is -0.122. The molecule has 0 aliphatic carbocycles. The summed E-state index contributed by atoms with van der Waals surface area (Å²) in [4.78, 5) is 26.5. The molecule has 3 rings (SSSR count). The molecule has 1 N–H and O–H groups in total. The standard InChI is InChI=1S/C21H23ClN2O2/c1-2-3-4-15-5-9-18(10-6-15)23-21(26)16-13-20(25)24(14-16)19-11-7-17(22)8-12-19/h5-12,16H,2-4,13-14H2,1H3,(H,23,26)/t16-/m0/s1. The van der Waals surface area contributed by atoms with Crippen LogP contribution in [0.5, 0.6) is 0 Å². The average Bonchev–Trinajstić information content (AvgIpc) is 3.04. The van der Waals surface area contributed by atoms with Crippen molar-refractivity contribution in [3.05, 3.63) is 59.1 Å². The van der Waals surface area contributed by atoms with Crippen molar-refractivity contribution in [2.24, 2.45) is 5.92 Å². The predicted molar refractivity (Wildman–Crippen MR) is 106 cm³/mol. The Balaban J connectivity index is 1.60. The van der Waals surface area contributed by atoms with E-state index in [1.54, 1.807) is 29.2 Å². The normalized spacial score (nSPS) is 16.8. The molecule has 1 atom stereocenters. The van der Waals surface area contributed by atoms with Gasteiger partial charge in [0.2, 0.25) is 11.8 Å². The van der Waals surface area contributed by atoms with Crippen molar-refractivity contribution in [1.29, 1.82) is 0 Å². The van der Waals surface area contributed by atoms with E-state index in [1.807, 2.05) is 24.3 Å². The highest BCUT2D eigenvalue weighted by Gasteiger charge is 2.35. The third-order valence-electron chi connectivity index (χ3n) is 4.67. The summed E-state index contributed by atoms with van der Waals surface area (Å²) >= 11 is 5.90. The van der Waals surface area contributed by atoms with Gasteiger partial charge in [-0.3, -0.25) is 9.59 Å². The number of unbranched alkanes of at least 4 members (excludes halogenated alkanes) is 1. The number of carbonyl (C=O) groups excluding carboxylic acids is 2. The Morgan fingerprint density at radius 2 is 1.85 bits per heavy atom. The van der Waals surface area contributed by atoms with Gasteiger partial charge in [0.05, 0.1) is 5.92 Å². The third kappa shape index (κ3) is 4.44. The van der Waals surface area contributed by atoms with Crippen molar-refractivity contribution in [2.45, 2.75) is 32.6 Å². The van der Waals surface area contributed by atoms with Crippen LogP contribution in [0.4, 0.5) is 11.4 Å². The van der Waals surface area contributed by atoms with Crippen LogP contribution in [-0.2, 0) is 16.0 Å². The molecular formula is C21H23ClN2O2. The SMILES string of the molecule is CCCCc1ccc(NC(=O)[C@H]2CC(=O)N(c3ccc(Cl)cc3)C2)cc1. The van der Waals surface area contributed by atoms with E-state index in [9.17, 15) is 9.59 Å². The van der Waals surface area contributed by atoms with Crippen molar-refractivity contribution in [3.63, 3.8) is 0 Å². The smallest absolute Gasteiger partial charge is 0.229 e. The maximum atomic E-state index is 12.5. The second-order valence-corrected chi connectivity index (χ2v) is 7.11. The molecule has 2 amide bonds. The van der Waals surface area contributed by atoms with E-state index in [0.29, 0.717) is 11.6 Å². The molecule has 136 valence electrons. The number of nitrogens with one attached hydrogen (secondary N) is 1. The summed E-state index contributed by atoms with van der Waals surface area (Å²) in [6.07, 6.45) is 3.61. The molecule has 26 heavy (non-hydrogen) atoms. The van der Waals surface area contributed by atoms with Crippen molar-refractivity contribution < 1.29 is 9.59 Å². The van der Waals surface area contributed by atoms with Gasteiger partial charge in [0.25, 0.3) is 0 Å². The van der Waals surface area contributed by atoms with E-state index in [1.165, 1.54) is 5.56 Å². The third-order valence-corrected chi connectivity index (χ3v) is 4.93. The van der Waals surface area contributed by atoms with E-state index in [0.717, 1.165) is 30.6 Å². The lowest BCUT2D eigenvalue weighted by Gasteiger charge is -2.16. The van der Waals surface area contributed by atoms with Gasteiger partial charge in [0.1, 0.15) is 0 Å². The van der Waals surface area contributed by atoms with Gasteiger partial charge < -0.3 is 10.2 Å². The van der Waals surface area contributed by atoms with E-state index in [-0.39, 0.29) is 24.2 Å². The minimum absolute atomic E-state index is 0.0395. The highest BCUT2D eigenvalue weighted by molar-refractivity contribution is 6.30. The zero-order valence-electron chi connectivity index (χ0n) is 14.9. The van der Waals surface area contributed by atoms with E-state index in [4.69, 9.17) is 11.6 Å². The number of hydrogen-bond acceptors (Lipinski definition) is 2.